The molecule has 6 nitrogen and oxygen atoms in total. The van der Waals surface area contributed by atoms with E-state index in [1.54, 1.807) is 0 Å². The number of allylic oxidation sites excluding steroid dienone is 12. The molecule has 0 aliphatic heterocycles. The maximum absolute atomic E-state index is 12.8. The van der Waals surface area contributed by atoms with Gasteiger partial charge in [0.05, 0.1) is 0 Å². The molecule has 1 unspecified atom stereocenters. The van der Waals surface area contributed by atoms with Crippen molar-refractivity contribution in [3.05, 3.63) is 72.9 Å². The summed E-state index contributed by atoms with van der Waals surface area (Å²) >= 11 is 0. The topological polar surface area (TPSA) is 78.9 Å². The van der Waals surface area contributed by atoms with E-state index in [-0.39, 0.29) is 31.1 Å². The Balaban J connectivity index is 4.01. The Kier molecular flexibility index (Phi) is 62.7. The molecule has 0 fully saturated rings. The highest BCUT2D eigenvalue weighted by atomic mass is 16.6. The Morgan fingerprint density at radius 2 is 0.519 bits per heavy atom. The molecule has 0 N–H and O–H groups in total. The first-order valence-electron chi connectivity index (χ1n) is 33.4. The second kappa shape index (κ2) is 65.4. The van der Waals surface area contributed by atoms with E-state index in [4.69, 9.17) is 14.2 Å². The molecule has 0 spiro atoms. The van der Waals surface area contributed by atoms with Crippen molar-refractivity contribution in [3.8, 4) is 0 Å². The lowest BCUT2D eigenvalue weighted by Gasteiger charge is -2.18. The zero-order valence-electron chi connectivity index (χ0n) is 51.2. The van der Waals surface area contributed by atoms with Crippen molar-refractivity contribution < 1.29 is 28.6 Å². The molecule has 0 radical (unpaired) electrons. The smallest absolute Gasteiger partial charge is 0.306 e. The number of unbranched alkanes of at least 4 members (excludes halogenated alkanes) is 38. The predicted octanol–water partition coefficient (Wildman–Crippen LogP) is 22.9. The van der Waals surface area contributed by atoms with Crippen LogP contribution in [0.4, 0.5) is 0 Å². The molecule has 0 amide bonds. The van der Waals surface area contributed by atoms with Gasteiger partial charge in [-0.1, -0.05) is 312 Å². The molecule has 77 heavy (non-hydrogen) atoms. The van der Waals surface area contributed by atoms with Gasteiger partial charge in [0.2, 0.25) is 0 Å². The molecule has 0 aliphatic rings. The molecule has 0 rings (SSSR count). The van der Waals surface area contributed by atoms with Crippen molar-refractivity contribution in [3.63, 3.8) is 0 Å². The fourth-order valence-corrected chi connectivity index (χ4v) is 9.69. The molecule has 1 atom stereocenters. The van der Waals surface area contributed by atoms with E-state index in [0.29, 0.717) is 19.3 Å². The quantitative estimate of drug-likeness (QED) is 0.0261. The molecule has 446 valence electrons. The summed E-state index contributed by atoms with van der Waals surface area (Å²) < 4.78 is 16.9. The lowest BCUT2D eigenvalue weighted by atomic mass is 10.0. The molecule has 0 saturated carbocycles. The van der Waals surface area contributed by atoms with Gasteiger partial charge < -0.3 is 14.2 Å². The maximum Gasteiger partial charge on any atom is 0.306 e. The number of hydrogen-bond donors (Lipinski definition) is 0. The van der Waals surface area contributed by atoms with E-state index < -0.39 is 6.10 Å². The first kappa shape index (κ1) is 73.8. The number of ether oxygens (including phenoxy) is 3. The summed E-state index contributed by atoms with van der Waals surface area (Å²) in [5.41, 5.74) is 0. The second-order valence-electron chi connectivity index (χ2n) is 22.4. The van der Waals surface area contributed by atoms with Crippen molar-refractivity contribution in [2.45, 2.75) is 348 Å². The van der Waals surface area contributed by atoms with Crippen molar-refractivity contribution in [1.29, 1.82) is 0 Å². The summed E-state index contributed by atoms with van der Waals surface area (Å²) in [7, 11) is 0. The maximum atomic E-state index is 12.8. The standard InChI is InChI=1S/C71H126O6/c1-4-7-10-13-16-19-22-24-26-27-28-29-30-31-32-33-34-35-36-37-38-39-40-41-42-43-44-45-46-48-49-52-55-58-61-64-70(73)76-67-68(66-75-69(72)63-60-57-54-51-21-18-15-12-9-6-3)77-71(74)65-62-59-56-53-50-47-25-23-20-17-14-11-8-5-2/h7,10,14,16-17,19,23-26,28-29,68H,4-6,8-9,11-13,15,18,20-22,27,30-67H2,1-3H3/b10-7-,17-14-,19-16-,25-23-,26-24-,29-28-. The van der Waals surface area contributed by atoms with E-state index in [9.17, 15) is 14.4 Å². The SMILES string of the molecule is CC/C=C\C/C=C\C/C=C\C/C=C\CCCCCCCCCCCCCCCCCCCCCCCCC(=O)OCC(COC(=O)CCCCCCCCCCCC)OC(=O)CCCCCCC/C=C\C/C=C\CCCC. The summed E-state index contributed by atoms with van der Waals surface area (Å²) in [6.07, 6.45) is 85.2. The average molecular weight is 1080 g/mol. The Bertz CT molecular complexity index is 1420. The second-order valence-corrected chi connectivity index (χ2v) is 22.4. The van der Waals surface area contributed by atoms with Crippen LogP contribution in [0, 0.1) is 0 Å². The van der Waals surface area contributed by atoms with E-state index in [1.165, 1.54) is 193 Å². The van der Waals surface area contributed by atoms with Crippen LogP contribution in [0.5, 0.6) is 0 Å². The minimum Gasteiger partial charge on any atom is -0.462 e. The Morgan fingerprint density at radius 3 is 0.831 bits per heavy atom. The first-order chi connectivity index (χ1) is 38.0. The van der Waals surface area contributed by atoms with Gasteiger partial charge in [-0.2, -0.15) is 0 Å². The zero-order valence-corrected chi connectivity index (χ0v) is 51.2. The summed E-state index contributed by atoms with van der Waals surface area (Å²) in [4.78, 5) is 38.2. The Labute approximate surface area is 478 Å². The fourth-order valence-electron chi connectivity index (χ4n) is 9.69. The van der Waals surface area contributed by atoms with Crippen LogP contribution in [0.1, 0.15) is 342 Å². The minimum absolute atomic E-state index is 0.0754. The largest absolute Gasteiger partial charge is 0.462 e. The fraction of sp³-hybridized carbons (Fsp3) is 0.789. The zero-order chi connectivity index (χ0) is 55.7. The van der Waals surface area contributed by atoms with E-state index in [2.05, 4.69) is 93.7 Å². The molecule has 0 heterocycles. The number of rotatable bonds is 61. The van der Waals surface area contributed by atoms with Crippen molar-refractivity contribution in [1.82, 2.24) is 0 Å². The molecule has 0 aromatic carbocycles. The van der Waals surface area contributed by atoms with E-state index in [0.717, 1.165) is 109 Å². The third kappa shape index (κ3) is 63.6. The van der Waals surface area contributed by atoms with Crippen LogP contribution in [0.2, 0.25) is 0 Å². The highest BCUT2D eigenvalue weighted by molar-refractivity contribution is 5.71. The average Bonchev–Trinajstić information content (AvgIpc) is 3.43. The number of carbonyl (C=O) groups excluding carboxylic acids is 3. The molecule has 6 heteroatoms. The van der Waals surface area contributed by atoms with Crippen molar-refractivity contribution in [2.75, 3.05) is 13.2 Å². The number of hydrogen-bond acceptors (Lipinski definition) is 6. The number of esters is 3. The molecular formula is C71H126O6. The monoisotopic (exact) mass is 1070 g/mol. The van der Waals surface area contributed by atoms with Gasteiger partial charge >= 0.3 is 17.9 Å². The lowest BCUT2D eigenvalue weighted by Crippen LogP contribution is -2.30. The van der Waals surface area contributed by atoms with Gasteiger partial charge in [-0.25, -0.2) is 0 Å². The van der Waals surface area contributed by atoms with Gasteiger partial charge in [0.15, 0.2) is 6.10 Å². The van der Waals surface area contributed by atoms with E-state index in [1.807, 2.05) is 0 Å². The third-order valence-electron chi connectivity index (χ3n) is 14.7. The van der Waals surface area contributed by atoms with Crippen LogP contribution in [0.3, 0.4) is 0 Å². The summed E-state index contributed by atoms with van der Waals surface area (Å²) in [6, 6.07) is 0. The van der Waals surface area contributed by atoms with Gasteiger partial charge in [-0.15, -0.1) is 0 Å². The van der Waals surface area contributed by atoms with Gasteiger partial charge in [0, 0.05) is 19.3 Å². The van der Waals surface area contributed by atoms with E-state index >= 15 is 0 Å². The van der Waals surface area contributed by atoms with Gasteiger partial charge in [0.1, 0.15) is 13.2 Å². The summed E-state index contributed by atoms with van der Waals surface area (Å²) in [5, 5.41) is 0. The van der Waals surface area contributed by atoms with Crippen LogP contribution in [-0.4, -0.2) is 37.2 Å². The van der Waals surface area contributed by atoms with Gasteiger partial charge in [-0.3, -0.25) is 14.4 Å². The van der Waals surface area contributed by atoms with Crippen LogP contribution >= 0.6 is 0 Å². The predicted molar refractivity (Wildman–Crippen MR) is 335 cm³/mol. The summed E-state index contributed by atoms with van der Waals surface area (Å²) in [6.45, 7) is 6.50. The normalized spacial score (nSPS) is 12.5. The Hall–Kier alpha value is -3.15. The first-order valence-corrected chi connectivity index (χ1v) is 33.4. The van der Waals surface area contributed by atoms with Gasteiger partial charge in [-0.05, 0) is 83.5 Å². The minimum atomic E-state index is -0.777. The van der Waals surface area contributed by atoms with Crippen LogP contribution in [0.15, 0.2) is 72.9 Å². The summed E-state index contributed by atoms with van der Waals surface area (Å²) in [5.74, 6) is -0.874. The highest BCUT2D eigenvalue weighted by Crippen LogP contribution is 2.18. The van der Waals surface area contributed by atoms with Crippen LogP contribution in [-0.2, 0) is 28.6 Å². The lowest BCUT2D eigenvalue weighted by molar-refractivity contribution is -0.167. The van der Waals surface area contributed by atoms with Crippen molar-refractivity contribution >= 4 is 17.9 Å². The molecule has 0 aromatic rings. The molecule has 0 saturated heterocycles. The van der Waals surface area contributed by atoms with Crippen LogP contribution in [0.25, 0.3) is 0 Å². The molecular weight excluding hydrogens is 949 g/mol. The molecule has 0 bridgehead atoms. The van der Waals surface area contributed by atoms with Crippen molar-refractivity contribution in [2.24, 2.45) is 0 Å². The van der Waals surface area contributed by atoms with Gasteiger partial charge in [0.25, 0.3) is 0 Å². The third-order valence-corrected chi connectivity index (χ3v) is 14.7. The molecule has 0 aromatic heterocycles. The van der Waals surface area contributed by atoms with Crippen LogP contribution < -0.4 is 0 Å². The Morgan fingerprint density at radius 1 is 0.273 bits per heavy atom. The molecule has 0 aliphatic carbocycles. The highest BCUT2D eigenvalue weighted by Gasteiger charge is 2.19. The number of carbonyl (C=O) groups is 3.